The Labute approximate surface area is 82.2 Å². The first-order valence-corrected chi connectivity index (χ1v) is 4.21. The van der Waals surface area contributed by atoms with Crippen molar-refractivity contribution in [1.29, 1.82) is 5.41 Å². The predicted molar refractivity (Wildman–Crippen MR) is 54.0 cm³/mol. The number of rotatable bonds is 3. The van der Waals surface area contributed by atoms with Gasteiger partial charge in [-0.25, -0.2) is 9.37 Å². The van der Waals surface area contributed by atoms with Gasteiger partial charge in [0.15, 0.2) is 0 Å². The zero-order valence-corrected chi connectivity index (χ0v) is 8.13. The van der Waals surface area contributed by atoms with Crippen molar-refractivity contribution in [2.45, 2.75) is 6.92 Å². The molecule has 0 saturated carbocycles. The highest BCUT2D eigenvalue weighted by molar-refractivity contribution is 6.04. The molecule has 0 unspecified atom stereocenters. The summed E-state index contributed by atoms with van der Waals surface area (Å²) < 4.78 is 12.9. The zero-order chi connectivity index (χ0) is 10.6. The van der Waals surface area contributed by atoms with Crippen molar-refractivity contribution < 1.29 is 4.39 Å². The molecular weight excluding hydrogens is 181 g/mol. The van der Waals surface area contributed by atoms with Gasteiger partial charge in [0.05, 0.1) is 17.1 Å². The highest BCUT2D eigenvalue weighted by Gasteiger charge is 2.02. The van der Waals surface area contributed by atoms with Gasteiger partial charge in [0.1, 0.15) is 5.82 Å². The molecule has 0 atom stereocenters. The second-order valence-electron chi connectivity index (χ2n) is 2.80. The molecular formula is C10H12FN3. The minimum atomic E-state index is -0.348. The smallest absolute Gasteiger partial charge is 0.144 e. The molecule has 1 aromatic rings. The molecule has 0 spiro atoms. The summed E-state index contributed by atoms with van der Waals surface area (Å²) in [6.07, 6.45) is 3.20. The van der Waals surface area contributed by atoms with E-state index < -0.39 is 0 Å². The second-order valence-corrected chi connectivity index (χ2v) is 2.80. The Morgan fingerprint density at radius 1 is 1.57 bits per heavy atom. The highest BCUT2D eigenvalue weighted by Crippen LogP contribution is 2.05. The number of hydrogen-bond donors (Lipinski definition) is 2. The summed E-state index contributed by atoms with van der Waals surface area (Å²) in [5.41, 5.74) is 1.03. The molecule has 74 valence electrons. The number of allylic oxidation sites excluding steroid dienone is 1. The van der Waals surface area contributed by atoms with E-state index in [2.05, 4.69) is 10.3 Å². The van der Waals surface area contributed by atoms with E-state index >= 15 is 0 Å². The van der Waals surface area contributed by atoms with Gasteiger partial charge in [-0.05, 0) is 31.3 Å². The van der Waals surface area contributed by atoms with E-state index in [0.717, 1.165) is 0 Å². The van der Waals surface area contributed by atoms with Crippen LogP contribution in [0.15, 0.2) is 24.4 Å². The Morgan fingerprint density at radius 3 is 2.86 bits per heavy atom. The van der Waals surface area contributed by atoms with E-state index in [4.69, 9.17) is 5.41 Å². The fourth-order valence-electron chi connectivity index (χ4n) is 0.946. The lowest BCUT2D eigenvalue weighted by Crippen LogP contribution is -2.03. The molecule has 0 aromatic carbocycles. The van der Waals surface area contributed by atoms with Crippen LogP contribution in [-0.2, 0) is 0 Å². The van der Waals surface area contributed by atoms with Gasteiger partial charge < -0.3 is 5.32 Å². The lowest BCUT2D eigenvalue weighted by atomic mass is 10.2. The first kappa shape index (κ1) is 10.4. The van der Waals surface area contributed by atoms with Crippen molar-refractivity contribution in [2.24, 2.45) is 0 Å². The van der Waals surface area contributed by atoms with E-state index in [1.807, 2.05) is 0 Å². The minimum absolute atomic E-state index is 0.252. The fraction of sp³-hybridized carbons (Fsp3) is 0.200. The first-order chi connectivity index (χ1) is 6.65. The molecule has 2 N–H and O–H groups in total. The van der Waals surface area contributed by atoms with Crippen LogP contribution in [0.4, 0.5) is 4.39 Å². The normalized spacial score (nSPS) is 10.5. The summed E-state index contributed by atoms with van der Waals surface area (Å²) in [7, 11) is 1.74. The lowest BCUT2D eigenvalue weighted by molar-refractivity contribution is 0.609. The van der Waals surface area contributed by atoms with Crippen LogP contribution < -0.4 is 5.32 Å². The Morgan fingerprint density at radius 2 is 2.29 bits per heavy atom. The van der Waals surface area contributed by atoms with Gasteiger partial charge in [-0.2, -0.15) is 0 Å². The van der Waals surface area contributed by atoms with Crippen molar-refractivity contribution in [2.75, 3.05) is 7.05 Å². The molecule has 0 aliphatic heterocycles. The SMILES string of the molecule is CN/C=C\C(=N)c1ccc(F)c(C)n1. The summed E-state index contributed by atoms with van der Waals surface area (Å²) in [5, 5.41) is 10.4. The Balaban J connectivity index is 2.91. The molecule has 0 radical (unpaired) electrons. The van der Waals surface area contributed by atoms with Crippen LogP contribution in [0.3, 0.4) is 0 Å². The van der Waals surface area contributed by atoms with Crippen molar-refractivity contribution in [3.05, 3.63) is 41.6 Å². The third kappa shape index (κ3) is 2.39. The number of nitrogens with one attached hydrogen (secondary N) is 2. The number of halogens is 1. The Bertz CT molecular complexity index is 372. The summed E-state index contributed by atoms with van der Waals surface area (Å²) in [6.45, 7) is 1.58. The Kier molecular flexibility index (Phi) is 3.34. The predicted octanol–water partition coefficient (Wildman–Crippen LogP) is 1.63. The molecule has 0 aliphatic carbocycles. The molecule has 0 fully saturated rings. The summed E-state index contributed by atoms with van der Waals surface area (Å²) in [6, 6.07) is 2.81. The number of nitrogens with zero attached hydrogens (tertiary/aromatic N) is 1. The molecule has 3 nitrogen and oxygen atoms in total. The van der Waals surface area contributed by atoms with Gasteiger partial charge in [-0.3, -0.25) is 5.41 Å². The maximum Gasteiger partial charge on any atom is 0.144 e. The topological polar surface area (TPSA) is 48.8 Å². The van der Waals surface area contributed by atoms with Crippen LogP contribution in [0.2, 0.25) is 0 Å². The third-order valence-electron chi connectivity index (χ3n) is 1.71. The maximum absolute atomic E-state index is 12.9. The summed E-state index contributed by atoms with van der Waals surface area (Å²) in [4.78, 5) is 3.95. The van der Waals surface area contributed by atoms with Crippen LogP contribution in [0.5, 0.6) is 0 Å². The lowest BCUT2D eigenvalue weighted by Gasteiger charge is -2.00. The van der Waals surface area contributed by atoms with Crippen LogP contribution in [0, 0.1) is 18.2 Å². The molecule has 4 heteroatoms. The summed E-state index contributed by atoms with van der Waals surface area (Å²) in [5.74, 6) is -0.348. The van der Waals surface area contributed by atoms with E-state index in [9.17, 15) is 4.39 Å². The number of hydrogen-bond acceptors (Lipinski definition) is 3. The van der Waals surface area contributed by atoms with Gasteiger partial charge >= 0.3 is 0 Å². The van der Waals surface area contributed by atoms with Gasteiger partial charge in [-0.15, -0.1) is 0 Å². The van der Waals surface area contributed by atoms with Crippen molar-refractivity contribution in [3.8, 4) is 0 Å². The third-order valence-corrected chi connectivity index (χ3v) is 1.71. The van der Waals surface area contributed by atoms with Crippen molar-refractivity contribution >= 4 is 5.71 Å². The van der Waals surface area contributed by atoms with E-state index in [0.29, 0.717) is 11.4 Å². The average molecular weight is 193 g/mol. The molecule has 0 aliphatic rings. The van der Waals surface area contributed by atoms with Crippen molar-refractivity contribution in [3.63, 3.8) is 0 Å². The molecule has 0 bridgehead atoms. The van der Waals surface area contributed by atoms with Crippen LogP contribution in [-0.4, -0.2) is 17.7 Å². The maximum atomic E-state index is 12.9. The van der Waals surface area contributed by atoms with Gasteiger partial charge in [-0.1, -0.05) is 0 Å². The van der Waals surface area contributed by atoms with E-state index in [1.54, 1.807) is 26.2 Å². The fourth-order valence-corrected chi connectivity index (χ4v) is 0.946. The van der Waals surface area contributed by atoms with Gasteiger partial charge in [0.2, 0.25) is 0 Å². The Hall–Kier alpha value is -1.71. The monoisotopic (exact) mass is 193 g/mol. The molecule has 1 heterocycles. The van der Waals surface area contributed by atoms with E-state index in [1.165, 1.54) is 12.1 Å². The average Bonchev–Trinajstić information content (AvgIpc) is 2.18. The zero-order valence-electron chi connectivity index (χ0n) is 8.13. The van der Waals surface area contributed by atoms with Gasteiger partial charge in [0, 0.05) is 7.05 Å². The molecule has 1 aromatic heterocycles. The largest absolute Gasteiger partial charge is 0.394 e. The van der Waals surface area contributed by atoms with Gasteiger partial charge in [0.25, 0.3) is 0 Å². The standard InChI is InChI=1S/C10H12FN3/c1-7-8(11)3-4-10(14-7)9(12)5-6-13-2/h3-6,12-13H,1-2H3/b6-5-,12-9?. The second kappa shape index (κ2) is 4.50. The summed E-state index contributed by atoms with van der Waals surface area (Å²) >= 11 is 0. The first-order valence-electron chi connectivity index (χ1n) is 4.21. The van der Waals surface area contributed by atoms with E-state index in [-0.39, 0.29) is 11.5 Å². The highest BCUT2D eigenvalue weighted by atomic mass is 19.1. The number of pyridine rings is 1. The molecule has 14 heavy (non-hydrogen) atoms. The minimum Gasteiger partial charge on any atom is -0.394 e. The molecule has 1 rings (SSSR count). The van der Waals surface area contributed by atoms with Crippen LogP contribution in [0.25, 0.3) is 0 Å². The van der Waals surface area contributed by atoms with Crippen LogP contribution >= 0.6 is 0 Å². The molecule has 0 amide bonds. The quantitative estimate of drug-likeness (QED) is 0.717. The van der Waals surface area contributed by atoms with Crippen LogP contribution in [0.1, 0.15) is 11.4 Å². The molecule has 0 saturated heterocycles. The van der Waals surface area contributed by atoms with Crippen molar-refractivity contribution in [1.82, 2.24) is 10.3 Å². The number of aryl methyl sites for hydroxylation is 1. The number of aromatic nitrogens is 1.